The van der Waals surface area contributed by atoms with Gasteiger partial charge in [0.15, 0.2) is 11.6 Å². The molecule has 0 aliphatic carbocycles. The molecule has 4 rings (SSSR count). The van der Waals surface area contributed by atoms with Crippen molar-refractivity contribution >= 4 is 17.5 Å². The lowest BCUT2D eigenvalue weighted by Gasteiger charge is -2.28. The van der Waals surface area contributed by atoms with Gasteiger partial charge in [0.25, 0.3) is 5.91 Å². The molecule has 0 aromatic heterocycles. The molecule has 0 saturated heterocycles. The molecule has 0 fully saturated rings. The molecule has 0 saturated carbocycles. The molecule has 2 amide bonds. The highest BCUT2D eigenvalue weighted by Crippen LogP contribution is 2.34. The summed E-state index contributed by atoms with van der Waals surface area (Å²) in [5, 5.41) is 2.58. The number of nitrogens with zero attached hydrogens (tertiary/aromatic N) is 1. The van der Waals surface area contributed by atoms with Crippen LogP contribution in [0.15, 0.2) is 66.7 Å². The summed E-state index contributed by atoms with van der Waals surface area (Å²) in [7, 11) is 1.56. The molecular formula is C24H20F2N2O3. The summed E-state index contributed by atoms with van der Waals surface area (Å²) < 4.78 is 31.9. The molecule has 1 atom stereocenters. The van der Waals surface area contributed by atoms with Crippen LogP contribution in [0.2, 0.25) is 0 Å². The Morgan fingerprint density at radius 2 is 1.81 bits per heavy atom. The average Bonchev–Trinajstić information content (AvgIpc) is 3.11. The number of hydrogen-bond donors (Lipinski definition) is 1. The van der Waals surface area contributed by atoms with Crippen molar-refractivity contribution < 1.29 is 23.1 Å². The first-order valence-electron chi connectivity index (χ1n) is 9.74. The molecule has 1 unspecified atom stereocenters. The Morgan fingerprint density at radius 3 is 2.48 bits per heavy atom. The van der Waals surface area contributed by atoms with Gasteiger partial charge in [-0.05, 0) is 41.5 Å². The van der Waals surface area contributed by atoms with Crippen molar-refractivity contribution in [3.05, 3.63) is 95.1 Å². The Hall–Kier alpha value is -3.74. The van der Waals surface area contributed by atoms with Crippen LogP contribution in [0.3, 0.4) is 0 Å². The van der Waals surface area contributed by atoms with E-state index in [4.69, 9.17) is 4.74 Å². The van der Waals surface area contributed by atoms with E-state index in [9.17, 15) is 18.4 Å². The zero-order valence-corrected chi connectivity index (χ0v) is 16.8. The van der Waals surface area contributed by atoms with E-state index in [1.54, 1.807) is 36.3 Å². The second-order valence-electron chi connectivity index (χ2n) is 7.26. The van der Waals surface area contributed by atoms with Gasteiger partial charge in [-0.2, -0.15) is 0 Å². The first kappa shape index (κ1) is 20.5. The van der Waals surface area contributed by atoms with Crippen LogP contribution in [0.25, 0.3) is 0 Å². The third kappa shape index (κ3) is 4.26. The molecule has 3 aromatic rings. The zero-order valence-electron chi connectivity index (χ0n) is 16.8. The number of nitrogens with one attached hydrogen (secondary N) is 1. The van der Waals surface area contributed by atoms with Crippen molar-refractivity contribution in [1.82, 2.24) is 4.90 Å². The molecule has 3 aromatic carbocycles. The average molecular weight is 422 g/mol. The lowest BCUT2D eigenvalue weighted by molar-refractivity contribution is -0.117. The zero-order chi connectivity index (χ0) is 22.0. The lowest BCUT2D eigenvalue weighted by Crippen LogP contribution is -2.32. The largest absolute Gasteiger partial charge is 0.497 e. The minimum atomic E-state index is -1.05. The predicted molar refractivity (Wildman–Crippen MR) is 112 cm³/mol. The van der Waals surface area contributed by atoms with E-state index >= 15 is 0 Å². The lowest BCUT2D eigenvalue weighted by atomic mass is 10.0. The smallest absolute Gasteiger partial charge is 0.255 e. The number of halogens is 2. The van der Waals surface area contributed by atoms with Gasteiger partial charge in [0, 0.05) is 23.9 Å². The third-order valence-corrected chi connectivity index (χ3v) is 5.31. The second kappa shape index (κ2) is 8.55. The van der Waals surface area contributed by atoms with E-state index in [0.717, 1.165) is 23.3 Å². The number of benzene rings is 3. The van der Waals surface area contributed by atoms with Gasteiger partial charge in [0.2, 0.25) is 5.91 Å². The van der Waals surface area contributed by atoms with Gasteiger partial charge < -0.3 is 15.0 Å². The fourth-order valence-corrected chi connectivity index (χ4v) is 3.72. The Labute approximate surface area is 178 Å². The summed E-state index contributed by atoms with van der Waals surface area (Å²) in [6.07, 6.45) is -0.0505. The summed E-state index contributed by atoms with van der Waals surface area (Å²) in [6.45, 7) is 0.379. The van der Waals surface area contributed by atoms with Crippen LogP contribution in [0, 0.1) is 11.6 Å². The highest BCUT2D eigenvalue weighted by molar-refractivity contribution is 5.99. The van der Waals surface area contributed by atoms with E-state index < -0.39 is 23.6 Å². The molecular weight excluding hydrogens is 402 g/mol. The van der Waals surface area contributed by atoms with Crippen LogP contribution in [0.4, 0.5) is 14.5 Å². The van der Waals surface area contributed by atoms with Gasteiger partial charge in [-0.1, -0.05) is 30.3 Å². The third-order valence-electron chi connectivity index (χ3n) is 5.31. The minimum absolute atomic E-state index is 0.0505. The Bertz CT molecular complexity index is 1130. The molecule has 1 heterocycles. The Balaban J connectivity index is 1.60. The van der Waals surface area contributed by atoms with Crippen molar-refractivity contribution in [2.75, 3.05) is 12.4 Å². The molecule has 0 radical (unpaired) electrons. The van der Waals surface area contributed by atoms with Gasteiger partial charge >= 0.3 is 0 Å². The minimum Gasteiger partial charge on any atom is -0.497 e. The number of amides is 2. The summed E-state index contributed by atoms with van der Waals surface area (Å²) in [5.74, 6) is -1.96. The van der Waals surface area contributed by atoms with E-state index in [0.29, 0.717) is 17.9 Å². The van der Waals surface area contributed by atoms with Gasteiger partial charge in [-0.25, -0.2) is 8.78 Å². The summed E-state index contributed by atoms with van der Waals surface area (Å²) >= 11 is 0. The van der Waals surface area contributed by atoms with Crippen molar-refractivity contribution in [2.24, 2.45) is 0 Å². The molecule has 5 nitrogen and oxygen atoms in total. The summed E-state index contributed by atoms with van der Waals surface area (Å²) in [6, 6.07) is 17.1. The molecule has 0 spiro atoms. The number of rotatable bonds is 6. The summed E-state index contributed by atoms with van der Waals surface area (Å²) in [5.41, 5.74) is 2.42. The van der Waals surface area contributed by atoms with Crippen LogP contribution >= 0.6 is 0 Å². The summed E-state index contributed by atoms with van der Waals surface area (Å²) in [4.78, 5) is 27.4. The predicted octanol–water partition coefficient (Wildman–Crippen LogP) is 4.70. The number of hydrogen-bond acceptors (Lipinski definition) is 3. The van der Waals surface area contributed by atoms with Gasteiger partial charge in [-0.15, -0.1) is 0 Å². The van der Waals surface area contributed by atoms with Crippen LogP contribution in [0.1, 0.15) is 33.9 Å². The van der Waals surface area contributed by atoms with Crippen LogP contribution < -0.4 is 10.1 Å². The quantitative estimate of drug-likeness (QED) is 0.627. The van der Waals surface area contributed by atoms with Crippen LogP contribution in [-0.2, 0) is 11.3 Å². The molecule has 31 heavy (non-hydrogen) atoms. The number of methoxy groups -OCH3 is 1. The van der Waals surface area contributed by atoms with E-state index in [2.05, 4.69) is 5.32 Å². The number of carbonyl (C=O) groups is 2. The Kier molecular flexibility index (Phi) is 5.66. The van der Waals surface area contributed by atoms with Crippen molar-refractivity contribution in [1.29, 1.82) is 0 Å². The number of anilines is 1. The van der Waals surface area contributed by atoms with Crippen LogP contribution in [-0.4, -0.2) is 23.8 Å². The maximum atomic E-state index is 13.5. The normalized spacial score (nSPS) is 13.6. The van der Waals surface area contributed by atoms with Gasteiger partial charge in [-0.3, -0.25) is 9.59 Å². The van der Waals surface area contributed by atoms with Crippen molar-refractivity contribution in [2.45, 2.75) is 19.0 Å². The second-order valence-corrected chi connectivity index (χ2v) is 7.26. The standard InChI is InChI=1S/C24H20F2N2O3/c1-31-18-9-6-15(7-10-18)22(28-14-16-4-2-3-5-19(16)24(28)30)13-23(29)27-17-8-11-20(25)21(26)12-17/h2-12,22H,13-14H2,1H3,(H,27,29). The highest BCUT2D eigenvalue weighted by Gasteiger charge is 2.34. The number of fused-ring (bicyclic) bond motifs is 1. The van der Waals surface area contributed by atoms with E-state index in [-0.39, 0.29) is 18.0 Å². The monoisotopic (exact) mass is 422 g/mol. The van der Waals surface area contributed by atoms with Crippen molar-refractivity contribution in [3.63, 3.8) is 0 Å². The molecule has 1 aliphatic heterocycles. The maximum absolute atomic E-state index is 13.5. The fourth-order valence-electron chi connectivity index (χ4n) is 3.72. The molecule has 158 valence electrons. The van der Waals surface area contributed by atoms with Gasteiger partial charge in [0.05, 0.1) is 19.6 Å². The van der Waals surface area contributed by atoms with Gasteiger partial charge in [0.1, 0.15) is 5.75 Å². The topological polar surface area (TPSA) is 58.6 Å². The molecule has 1 N–H and O–H groups in total. The molecule has 1 aliphatic rings. The highest BCUT2D eigenvalue weighted by atomic mass is 19.2. The van der Waals surface area contributed by atoms with E-state index in [1.165, 1.54) is 6.07 Å². The number of carbonyl (C=O) groups excluding carboxylic acids is 2. The fraction of sp³-hybridized carbons (Fsp3) is 0.167. The maximum Gasteiger partial charge on any atom is 0.255 e. The van der Waals surface area contributed by atoms with Crippen LogP contribution in [0.5, 0.6) is 5.75 Å². The van der Waals surface area contributed by atoms with Crippen molar-refractivity contribution in [3.8, 4) is 5.75 Å². The Morgan fingerprint density at radius 1 is 1.06 bits per heavy atom. The SMILES string of the molecule is COc1ccc(C(CC(=O)Nc2ccc(F)c(F)c2)N2Cc3ccccc3C2=O)cc1. The molecule has 0 bridgehead atoms. The van der Waals surface area contributed by atoms with E-state index in [1.807, 2.05) is 24.3 Å². The molecule has 7 heteroatoms. The first-order valence-corrected chi connectivity index (χ1v) is 9.74. The number of ether oxygens (including phenoxy) is 1. The first-order chi connectivity index (χ1) is 15.0.